The summed E-state index contributed by atoms with van der Waals surface area (Å²) in [6.45, 7) is 18.4. The van der Waals surface area contributed by atoms with E-state index >= 15 is 0 Å². The molecule has 0 aromatic carbocycles. The predicted octanol–water partition coefficient (Wildman–Crippen LogP) is 5.76. The number of nitrogens with two attached hydrogens (primary N) is 1. The van der Waals surface area contributed by atoms with Gasteiger partial charge in [0.05, 0.1) is 18.7 Å². The fourth-order valence-corrected chi connectivity index (χ4v) is 5.54. The summed E-state index contributed by atoms with van der Waals surface area (Å²) in [5.74, 6) is 0.109. The molecule has 6 atom stereocenters. The lowest BCUT2D eigenvalue weighted by Crippen LogP contribution is -2.38. The summed E-state index contributed by atoms with van der Waals surface area (Å²) in [4.78, 5) is 27.3. The van der Waals surface area contributed by atoms with E-state index in [1.165, 1.54) is 7.11 Å². The van der Waals surface area contributed by atoms with E-state index in [0.717, 1.165) is 37.8 Å². The van der Waals surface area contributed by atoms with Crippen LogP contribution in [0.25, 0.3) is 0 Å². The highest BCUT2D eigenvalue weighted by atomic mass is 35.5. The van der Waals surface area contributed by atoms with Gasteiger partial charge in [-0.3, -0.25) is 4.79 Å². The van der Waals surface area contributed by atoms with Gasteiger partial charge in [0.1, 0.15) is 11.3 Å². The van der Waals surface area contributed by atoms with E-state index < -0.39 is 11.9 Å². The van der Waals surface area contributed by atoms with Crippen LogP contribution in [-0.2, 0) is 19.2 Å². The maximum atomic E-state index is 11.1. The third-order valence-electron chi connectivity index (χ3n) is 7.54. The standard InChI is InChI=1S/C13H21NO3.C8H12O2.C6H12ClNO.C4H11N/c1-4-8(5-2)11-10-7(3)6-9(13(15)16)12(10)17-14-11;1-6-3-4-7(5-6)8(9)10-2;1-3-5(4-2)6(7)8-9;1-4(2,3)5/h7-10,12H,4-6H2,1-3H3,(H,15,16);3-4,6-7H,5H2,1-2H3;5,9H,3-4H2,1-2H3;5H2,1-3H3/p-1/b;;8-6-;/t7-,9+,10-,12-;6-,7+;;/m10../s1. The largest absolute Gasteiger partial charge is 0.550 e. The Morgan fingerprint density at radius 2 is 1.68 bits per heavy atom. The molecule has 3 N–H and O–H groups in total. The van der Waals surface area contributed by atoms with Crippen LogP contribution in [0.2, 0.25) is 0 Å². The van der Waals surface area contributed by atoms with Crippen LogP contribution in [0.15, 0.2) is 22.5 Å². The molecule has 3 aliphatic rings. The Bertz CT molecular complexity index is 872. The number of fused-ring (bicyclic) bond motifs is 1. The Balaban J connectivity index is 0.000000573. The maximum Gasteiger partial charge on any atom is 0.312 e. The number of carboxylic acids is 1. The second kappa shape index (κ2) is 19.1. The number of allylic oxidation sites excluding steroid dienone is 1. The zero-order chi connectivity index (χ0) is 31.9. The monoisotopic (exact) mass is 600 g/mol. The highest BCUT2D eigenvalue weighted by Crippen LogP contribution is 2.44. The van der Waals surface area contributed by atoms with Crippen molar-refractivity contribution in [1.82, 2.24) is 0 Å². The molecule has 238 valence electrons. The molecule has 1 aliphatic heterocycles. The molecule has 2 aliphatic carbocycles. The van der Waals surface area contributed by atoms with Crippen molar-refractivity contribution in [1.29, 1.82) is 0 Å². The first-order chi connectivity index (χ1) is 19.1. The second-order valence-corrected chi connectivity index (χ2v) is 12.7. The summed E-state index contributed by atoms with van der Waals surface area (Å²) in [5.41, 5.74) is 6.43. The topological polar surface area (TPSA) is 147 Å². The highest BCUT2D eigenvalue weighted by molar-refractivity contribution is 6.65. The molecule has 0 unspecified atom stereocenters. The van der Waals surface area contributed by atoms with Crippen LogP contribution in [0, 0.1) is 41.4 Å². The minimum absolute atomic E-state index is 0. The number of carboxylic acid groups (broad SMARTS) is 1. The number of hydrogen-bond donors (Lipinski definition) is 2. The molecule has 3 rings (SSSR count). The first-order valence-corrected chi connectivity index (χ1v) is 15.3. The third-order valence-corrected chi connectivity index (χ3v) is 7.92. The number of halogens is 1. The van der Waals surface area contributed by atoms with Crippen LogP contribution >= 0.6 is 11.6 Å². The number of ether oxygens (including phenoxy) is 1. The Kier molecular flexibility index (Phi) is 18.1. The van der Waals surface area contributed by atoms with Crippen LogP contribution in [-0.4, -0.2) is 46.8 Å². The molecule has 10 heteroatoms. The molecule has 1 saturated carbocycles. The summed E-state index contributed by atoms with van der Waals surface area (Å²) < 4.78 is 4.59. The number of hydrogen-bond acceptors (Lipinski definition) is 9. The van der Waals surface area contributed by atoms with E-state index in [4.69, 9.17) is 27.4 Å². The Hall–Kier alpha value is -2.13. The summed E-state index contributed by atoms with van der Waals surface area (Å²) in [7, 11) is 1.43. The molecule has 9 nitrogen and oxygen atoms in total. The van der Waals surface area contributed by atoms with Crippen molar-refractivity contribution in [2.24, 2.45) is 57.5 Å². The van der Waals surface area contributed by atoms with E-state index in [-0.39, 0.29) is 35.4 Å². The Morgan fingerprint density at radius 1 is 1.15 bits per heavy atom. The van der Waals surface area contributed by atoms with Crippen molar-refractivity contribution >= 4 is 34.4 Å². The molecule has 0 spiro atoms. The third kappa shape index (κ3) is 13.6. The van der Waals surface area contributed by atoms with E-state index in [0.29, 0.717) is 29.3 Å². The summed E-state index contributed by atoms with van der Waals surface area (Å²) in [5, 5.41) is 26.7. The lowest BCUT2D eigenvalue weighted by Gasteiger charge is -2.20. The number of carbonyl (C=O) groups is 2. The molecule has 0 aromatic heterocycles. The van der Waals surface area contributed by atoms with Crippen LogP contribution in [0.1, 0.15) is 101 Å². The van der Waals surface area contributed by atoms with E-state index in [2.05, 4.69) is 48.8 Å². The Morgan fingerprint density at radius 3 is 2.02 bits per heavy atom. The summed E-state index contributed by atoms with van der Waals surface area (Å²) in [6, 6.07) is 0. The van der Waals surface area contributed by atoms with Gasteiger partial charge in [-0.15, -0.1) is 0 Å². The number of nitrogens with zero attached hydrogens (tertiary/aromatic N) is 2. The van der Waals surface area contributed by atoms with E-state index in [1.54, 1.807) is 0 Å². The SMILES string of the molecule is CC(C)(C)N.CCC(CC)/C(Cl)=N/O.CCC(CC)C1=NO[C@H]2[C@@H]1[C@H](C)C[C@@H]2C(=O)[O-].COC(=O)[C@@H]1C=C[C@H](C)C1. The van der Waals surface area contributed by atoms with Crippen molar-refractivity contribution in [3.8, 4) is 0 Å². The number of esters is 1. The normalized spacial score (nSPS) is 26.5. The number of carbonyl (C=O) groups excluding carboxylic acids is 2. The molecule has 1 heterocycles. The minimum Gasteiger partial charge on any atom is -0.550 e. The quantitative estimate of drug-likeness (QED) is 0.118. The average Bonchev–Trinajstić information content (AvgIpc) is 3.62. The van der Waals surface area contributed by atoms with Gasteiger partial charge in [-0.1, -0.05) is 75.6 Å². The van der Waals surface area contributed by atoms with Crippen molar-refractivity contribution in [2.75, 3.05) is 7.11 Å². The number of aliphatic carboxylic acids is 1. The van der Waals surface area contributed by atoms with Crippen molar-refractivity contribution in [3.63, 3.8) is 0 Å². The molecular formula is C31H55ClN3O6-. The molecule has 41 heavy (non-hydrogen) atoms. The molecule has 0 amide bonds. The molecule has 0 aromatic rings. The van der Waals surface area contributed by atoms with E-state index in [1.807, 2.05) is 40.7 Å². The highest BCUT2D eigenvalue weighted by Gasteiger charge is 2.50. The molecule has 0 bridgehead atoms. The zero-order valence-electron chi connectivity index (χ0n) is 26.9. The smallest absolute Gasteiger partial charge is 0.312 e. The van der Waals surface area contributed by atoms with Gasteiger partial charge in [-0.25, -0.2) is 0 Å². The minimum atomic E-state index is -0.995. The van der Waals surface area contributed by atoms with E-state index in [9.17, 15) is 14.7 Å². The van der Waals surface area contributed by atoms with Gasteiger partial charge in [0, 0.05) is 35.2 Å². The van der Waals surface area contributed by atoms with Crippen molar-refractivity contribution in [3.05, 3.63) is 12.2 Å². The van der Waals surface area contributed by atoms with Crippen LogP contribution < -0.4 is 10.8 Å². The van der Waals surface area contributed by atoms with Gasteiger partial charge in [-0.2, -0.15) is 0 Å². The average molecular weight is 601 g/mol. The van der Waals surface area contributed by atoms with Gasteiger partial charge in [-0.05, 0) is 71.1 Å². The molecular weight excluding hydrogens is 546 g/mol. The van der Waals surface area contributed by atoms with Crippen molar-refractivity contribution < 1.29 is 29.5 Å². The summed E-state index contributed by atoms with van der Waals surface area (Å²) >= 11 is 5.53. The van der Waals surface area contributed by atoms with Gasteiger partial charge >= 0.3 is 5.97 Å². The number of rotatable bonds is 8. The predicted molar refractivity (Wildman–Crippen MR) is 164 cm³/mol. The first-order valence-electron chi connectivity index (χ1n) is 15.0. The van der Waals surface area contributed by atoms with Crippen molar-refractivity contribution in [2.45, 2.75) is 112 Å². The van der Waals surface area contributed by atoms with Gasteiger partial charge in [0.15, 0.2) is 0 Å². The second-order valence-electron chi connectivity index (χ2n) is 12.3. The zero-order valence-corrected chi connectivity index (χ0v) is 27.6. The number of oxime groups is 2. The van der Waals surface area contributed by atoms with Gasteiger partial charge in [0.25, 0.3) is 0 Å². The molecule has 0 radical (unpaired) electrons. The van der Waals surface area contributed by atoms with Crippen LogP contribution in [0.5, 0.6) is 0 Å². The van der Waals surface area contributed by atoms with Crippen LogP contribution in [0.4, 0.5) is 0 Å². The fourth-order valence-electron chi connectivity index (χ4n) is 5.24. The first kappa shape index (κ1) is 38.9. The lowest BCUT2D eigenvalue weighted by atomic mass is 9.82. The molecule has 1 fully saturated rings. The number of methoxy groups -OCH3 is 1. The Labute approximate surface area is 252 Å². The fraction of sp³-hybridized carbons (Fsp3) is 0.806. The van der Waals surface area contributed by atoms with Gasteiger partial charge < -0.3 is 30.4 Å². The lowest BCUT2D eigenvalue weighted by molar-refractivity contribution is -0.314. The van der Waals surface area contributed by atoms with Crippen LogP contribution in [0.3, 0.4) is 0 Å². The summed E-state index contributed by atoms with van der Waals surface area (Å²) in [6.07, 6.45) is 9.18. The van der Waals surface area contributed by atoms with Gasteiger partial charge in [0.2, 0.25) is 0 Å². The molecule has 0 saturated heterocycles. The maximum absolute atomic E-state index is 11.1.